The van der Waals surface area contributed by atoms with Gasteiger partial charge in [-0.05, 0) is 72.0 Å². The molecule has 0 fully saturated rings. The van der Waals surface area contributed by atoms with Crippen LogP contribution in [0.1, 0.15) is 43.2 Å². The summed E-state index contributed by atoms with van der Waals surface area (Å²) in [6, 6.07) is 19.4. The molecular formula is C48H57N9O10SSi. The Bertz CT molecular complexity index is 2680. The summed E-state index contributed by atoms with van der Waals surface area (Å²) in [5.74, 6) is -4.27. The van der Waals surface area contributed by atoms with Crippen molar-refractivity contribution in [2.45, 2.75) is 88.7 Å². The van der Waals surface area contributed by atoms with E-state index in [2.05, 4.69) is 50.9 Å². The lowest BCUT2D eigenvalue weighted by Gasteiger charge is -2.19. The lowest BCUT2D eigenvalue weighted by Crippen LogP contribution is -2.45. The van der Waals surface area contributed by atoms with Crippen LogP contribution in [-0.2, 0) is 43.5 Å². The van der Waals surface area contributed by atoms with Gasteiger partial charge in [0.25, 0.3) is 5.56 Å². The number of nitrogens with zero attached hydrogens (tertiary/aromatic N) is 5. The average molecular weight is 980 g/mol. The standard InChI is InChI=1S/C48H57N9O10SSi/c1-69(2,3)23-22-67-48(66)54-40(46(63)64)30-68-41(25-43(59)60)44(61)52-27-42(58)51-18-6-4-5-7-21-57-45(62)37(35-10-8-12-38-36(35)11-9-19-50-38)24-39(55-57)31-13-15-34(16-14-31)53-47(65)56-28-32-17-20-49-26-33(32)29-56/h8-17,19-20,24,26,40-41H,4-7,18,21-23,25,27-30H2,1-3H3,(H,51,58)(H,52,61)(H,53,65)(H,54,66)(H,59,60)(H,63,64)/t40-,41?/m0/s1. The van der Waals surface area contributed by atoms with Crippen molar-refractivity contribution in [3.63, 3.8) is 0 Å². The van der Waals surface area contributed by atoms with Crippen LogP contribution >= 0.6 is 11.8 Å². The third-order valence-corrected chi connectivity index (χ3v) is 14.2. The van der Waals surface area contributed by atoms with E-state index in [1.165, 1.54) is 4.68 Å². The van der Waals surface area contributed by atoms with Crippen LogP contribution in [0, 0.1) is 0 Å². The van der Waals surface area contributed by atoms with Crippen molar-refractivity contribution in [3.8, 4) is 22.4 Å². The number of carboxylic acid groups (broad SMARTS) is 2. The lowest BCUT2D eigenvalue weighted by molar-refractivity contribution is -0.139. The highest BCUT2D eigenvalue weighted by molar-refractivity contribution is 8.00. The monoisotopic (exact) mass is 979 g/mol. The summed E-state index contributed by atoms with van der Waals surface area (Å²) in [7, 11) is -1.50. The van der Waals surface area contributed by atoms with Crippen LogP contribution in [-0.4, -0.2) is 116 Å². The molecule has 0 aliphatic carbocycles. The summed E-state index contributed by atoms with van der Waals surface area (Å²) in [5, 5.41) is 33.7. The van der Waals surface area contributed by atoms with Gasteiger partial charge in [-0.3, -0.25) is 29.1 Å². The van der Waals surface area contributed by atoms with Gasteiger partial charge in [0.1, 0.15) is 6.04 Å². The predicted molar refractivity (Wildman–Crippen MR) is 264 cm³/mol. The minimum absolute atomic E-state index is 0.132. The number of alkyl carbamates (subject to hydrolysis) is 1. The normalized spacial score (nSPS) is 12.9. The molecule has 4 heterocycles. The first-order chi connectivity index (χ1) is 33.0. The van der Waals surface area contributed by atoms with Crippen LogP contribution in [0.3, 0.4) is 0 Å². The van der Waals surface area contributed by atoms with Crippen molar-refractivity contribution in [2.24, 2.45) is 0 Å². The number of nitrogens with one attached hydrogen (secondary N) is 4. The number of ether oxygens (including phenoxy) is 1. The van der Waals surface area contributed by atoms with E-state index in [1.54, 1.807) is 41.7 Å². The Kier molecular flexibility index (Phi) is 18.0. The Morgan fingerprint density at radius 3 is 2.38 bits per heavy atom. The predicted octanol–water partition coefficient (Wildman–Crippen LogP) is 5.96. The van der Waals surface area contributed by atoms with Gasteiger partial charge in [-0.2, -0.15) is 5.10 Å². The van der Waals surface area contributed by atoms with Gasteiger partial charge >= 0.3 is 24.1 Å². The fraction of sp³-hybridized carbons (Fsp3) is 0.375. The largest absolute Gasteiger partial charge is 0.481 e. The summed E-state index contributed by atoms with van der Waals surface area (Å²) in [6.45, 7) is 7.60. The molecule has 364 valence electrons. The highest BCUT2D eigenvalue weighted by Gasteiger charge is 2.28. The summed E-state index contributed by atoms with van der Waals surface area (Å²) in [6.07, 6.45) is 6.26. The zero-order valence-corrected chi connectivity index (χ0v) is 40.6. The van der Waals surface area contributed by atoms with Crippen LogP contribution in [0.2, 0.25) is 25.7 Å². The van der Waals surface area contributed by atoms with E-state index in [9.17, 15) is 43.8 Å². The van der Waals surface area contributed by atoms with Crippen molar-refractivity contribution >= 4 is 72.3 Å². The zero-order valence-electron chi connectivity index (χ0n) is 38.7. The van der Waals surface area contributed by atoms with Crippen LogP contribution < -0.4 is 26.8 Å². The number of rotatable bonds is 23. The van der Waals surface area contributed by atoms with Crippen LogP contribution in [0.25, 0.3) is 33.3 Å². The summed E-state index contributed by atoms with van der Waals surface area (Å²) < 4.78 is 6.58. The van der Waals surface area contributed by atoms with Gasteiger partial charge in [0, 0.05) is 75.2 Å². The number of fused-ring (bicyclic) bond motifs is 2. The molecule has 5 amide bonds. The number of urea groups is 1. The number of aryl methyl sites for hydroxylation is 1. The number of hydrogen-bond acceptors (Lipinski definition) is 12. The van der Waals surface area contributed by atoms with E-state index < -0.39 is 62.2 Å². The second-order valence-electron chi connectivity index (χ2n) is 17.7. The summed E-state index contributed by atoms with van der Waals surface area (Å²) in [5.41, 5.74) is 5.69. The van der Waals surface area contributed by atoms with E-state index in [4.69, 9.17) is 9.84 Å². The van der Waals surface area contributed by atoms with Crippen molar-refractivity contribution < 1.29 is 43.7 Å². The molecule has 0 radical (unpaired) electrons. The second kappa shape index (κ2) is 24.2. The number of hydrogen-bond donors (Lipinski definition) is 6. The highest BCUT2D eigenvalue weighted by atomic mass is 32.2. The molecule has 1 aliphatic rings. The second-order valence-corrected chi connectivity index (χ2v) is 24.6. The number of anilines is 1. The topological polar surface area (TPSA) is 264 Å². The minimum atomic E-state index is -1.50. The Labute approximate surface area is 403 Å². The molecular weight excluding hydrogens is 923 g/mol. The molecule has 0 spiro atoms. The number of thioether (sulfide) groups is 1. The van der Waals surface area contributed by atoms with Crippen molar-refractivity contribution in [1.29, 1.82) is 0 Å². The first-order valence-corrected chi connectivity index (χ1v) is 27.4. The van der Waals surface area contributed by atoms with Gasteiger partial charge in [-0.1, -0.05) is 62.8 Å². The van der Waals surface area contributed by atoms with Gasteiger partial charge in [-0.15, -0.1) is 11.8 Å². The highest BCUT2D eigenvalue weighted by Crippen LogP contribution is 2.29. The Hall–Kier alpha value is -7.13. The third kappa shape index (κ3) is 15.2. The molecule has 19 nitrogen and oxygen atoms in total. The molecule has 0 saturated carbocycles. The molecule has 21 heteroatoms. The SMILES string of the molecule is C[Si](C)(C)CCOC(=O)N[C@@H](CSC(CC(=O)O)C(=O)NCC(=O)NCCCCCCn1nc(-c2ccc(NC(=O)N3Cc4ccncc4C3)cc2)cc(-c2cccc3ncccc23)c1=O)C(=O)O. The molecule has 6 rings (SSSR count). The number of carbonyl (C=O) groups excluding carboxylic acids is 4. The molecule has 3 aromatic heterocycles. The first kappa shape index (κ1) is 51.3. The fourth-order valence-corrected chi connectivity index (χ4v) is 9.23. The van der Waals surface area contributed by atoms with Crippen molar-refractivity contribution in [2.75, 3.05) is 30.8 Å². The summed E-state index contributed by atoms with van der Waals surface area (Å²) >= 11 is 0.736. The molecule has 0 bridgehead atoms. The smallest absolute Gasteiger partial charge is 0.407 e. The van der Waals surface area contributed by atoms with Gasteiger partial charge < -0.3 is 41.1 Å². The maximum atomic E-state index is 14.1. The molecule has 1 unspecified atom stereocenters. The molecule has 0 saturated heterocycles. The van der Waals surface area contributed by atoms with Crippen molar-refractivity contribution in [3.05, 3.63) is 107 Å². The van der Waals surface area contributed by atoms with E-state index in [0.29, 0.717) is 74.9 Å². The molecule has 6 N–H and O–H groups in total. The van der Waals surface area contributed by atoms with E-state index in [0.717, 1.165) is 44.9 Å². The summed E-state index contributed by atoms with van der Waals surface area (Å²) in [4.78, 5) is 98.6. The quantitative estimate of drug-likeness (QED) is 0.0326. The molecule has 69 heavy (non-hydrogen) atoms. The van der Waals surface area contributed by atoms with Gasteiger partial charge in [0.15, 0.2) is 0 Å². The van der Waals surface area contributed by atoms with E-state index >= 15 is 0 Å². The number of aromatic nitrogens is 4. The lowest BCUT2D eigenvalue weighted by atomic mass is 10.00. The van der Waals surface area contributed by atoms with Gasteiger partial charge in [0.05, 0.1) is 41.6 Å². The zero-order chi connectivity index (χ0) is 49.5. The Morgan fingerprint density at radius 2 is 1.64 bits per heavy atom. The minimum Gasteiger partial charge on any atom is -0.481 e. The van der Waals surface area contributed by atoms with E-state index in [-0.39, 0.29) is 24.0 Å². The number of aliphatic carboxylic acids is 2. The Balaban J connectivity index is 0.991. The maximum absolute atomic E-state index is 14.1. The number of carboxylic acids is 2. The maximum Gasteiger partial charge on any atom is 0.407 e. The first-order valence-electron chi connectivity index (χ1n) is 22.6. The van der Waals surface area contributed by atoms with Crippen LogP contribution in [0.4, 0.5) is 15.3 Å². The number of pyridine rings is 2. The number of unbranched alkanes of at least 4 members (excludes halogenated alkanes) is 3. The average Bonchev–Trinajstić information content (AvgIpc) is 3.76. The number of benzene rings is 2. The number of amides is 5. The Morgan fingerprint density at radius 1 is 0.870 bits per heavy atom. The van der Waals surface area contributed by atoms with E-state index in [1.807, 2.05) is 48.5 Å². The molecule has 1 aliphatic heterocycles. The fourth-order valence-electron chi connectivity index (χ4n) is 7.37. The number of carbonyl (C=O) groups is 6. The molecule has 5 aromatic rings. The van der Waals surface area contributed by atoms with Crippen LogP contribution in [0.5, 0.6) is 0 Å². The third-order valence-electron chi connectivity index (χ3n) is 11.2. The van der Waals surface area contributed by atoms with Crippen LogP contribution in [0.15, 0.2) is 90.1 Å². The molecule has 2 aromatic carbocycles. The van der Waals surface area contributed by atoms with Gasteiger partial charge in [0.2, 0.25) is 11.8 Å². The van der Waals surface area contributed by atoms with Crippen molar-refractivity contribution in [1.82, 2.24) is 40.6 Å². The van der Waals surface area contributed by atoms with Gasteiger partial charge in [-0.25, -0.2) is 19.1 Å². The molecule has 2 atom stereocenters.